The van der Waals surface area contributed by atoms with Crippen LogP contribution in [0.15, 0.2) is 0 Å². The Morgan fingerprint density at radius 3 is 1.77 bits per heavy atom. The summed E-state index contributed by atoms with van der Waals surface area (Å²) < 4.78 is 5.32. The molecule has 0 aromatic rings. The third-order valence-corrected chi connectivity index (χ3v) is 6.60. The molecule has 0 aromatic heterocycles. The fourth-order valence-corrected chi connectivity index (χ4v) is 4.65. The average molecular weight is 441 g/mol. The highest BCUT2D eigenvalue weighted by molar-refractivity contribution is 5.93. The molecule has 31 heavy (non-hydrogen) atoms. The van der Waals surface area contributed by atoms with Crippen molar-refractivity contribution in [2.45, 2.75) is 123 Å². The lowest BCUT2D eigenvalue weighted by molar-refractivity contribution is -0.188. The summed E-state index contributed by atoms with van der Waals surface area (Å²) in [5, 5.41) is 19.0. The first-order chi connectivity index (χ1) is 14.9. The molecule has 0 aromatic carbocycles. The minimum absolute atomic E-state index is 0.203. The molecule has 6 heteroatoms. The highest BCUT2D eigenvalue weighted by Crippen LogP contribution is 2.36. The standard InChI is InChI=1S/C25H44O6/c1-3-5-7-9-10-11-12-13-14-16-19(22(23(26)27)24(28)29)18-21-20(25(30)31-21)17-15-8-6-4-2/h19-22H,3-18H2,1-2H3,(H,26,27)(H,28,29)/t19-,20-,21-/m0/s1. The van der Waals surface area contributed by atoms with Crippen molar-refractivity contribution in [3.05, 3.63) is 0 Å². The molecule has 1 rings (SSSR count). The number of hydrogen-bond donors (Lipinski definition) is 2. The van der Waals surface area contributed by atoms with E-state index < -0.39 is 23.8 Å². The van der Waals surface area contributed by atoms with Crippen LogP contribution in [0.3, 0.4) is 0 Å². The number of hydrogen-bond acceptors (Lipinski definition) is 4. The van der Waals surface area contributed by atoms with Gasteiger partial charge in [0.15, 0.2) is 5.92 Å². The van der Waals surface area contributed by atoms with E-state index in [1.807, 2.05) is 0 Å². The van der Waals surface area contributed by atoms with Crippen LogP contribution in [0.25, 0.3) is 0 Å². The number of cyclic esters (lactones) is 1. The van der Waals surface area contributed by atoms with Gasteiger partial charge >= 0.3 is 17.9 Å². The van der Waals surface area contributed by atoms with Gasteiger partial charge in [0.2, 0.25) is 0 Å². The van der Waals surface area contributed by atoms with Crippen molar-refractivity contribution in [1.82, 2.24) is 0 Å². The first-order valence-corrected chi connectivity index (χ1v) is 12.6. The Morgan fingerprint density at radius 2 is 1.29 bits per heavy atom. The number of carboxylic acid groups (broad SMARTS) is 2. The zero-order valence-corrected chi connectivity index (χ0v) is 19.7. The smallest absolute Gasteiger partial charge is 0.318 e. The van der Waals surface area contributed by atoms with E-state index in [1.54, 1.807) is 0 Å². The molecule has 1 fully saturated rings. The van der Waals surface area contributed by atoms with Gasteiger partial charge in [-0.05, 0) is 25.2 Å². The maximum atomic E-state index is 11.9. The van der Waals surface area contributed by atoms with Crippen LogP contribution in [0.5, 0.6) is 0 Å². The molecule has 3 atom stereocenters. The summed E-state index contributed by atoms with van der Waals surface area (Å²) in [6.45, 7) is 4.34. The van der Waals surface area contributed by atoms with Gasteiger partial charge in [0.05, 0.1) is 5.92 Å². The predicted octanol–water partition coefficient (Wildman–Crippen LogP) is 6.21. The summed E-state index contributed by atoms with van der Waals surface area (Å²) >= 11 is 0. The van der Waals surface area contributed by atoms with Gasteiger partial charge < -0.3 is 14.9 Å². The third kappa shape index (κ3) is 10.5. The van der Waals surface area contributed by atoms with E-state index in [-0.39, 0.29) is 18.0 Å². The molecule has 0 radical (unpaired) electrons. The lowest BCUT2D eigenvalue weighted by Crippen LogP contribution is -2.47. The zero-order chi connectivity index (χ0) is 23.1. The Labute approximate surface area is 188 Å². The van der Waals surface area contributed by atoms with Gasteiger partial charge in [0.25, 0.3) is 0 Å². The molecule has 1 aliphatic rings. The molecule has 1 saturated heterocycles. The zero-order valence-electron chi connectivity index (χ0n) is 19.7. The van der Waals surface area contributed by atoms with Crippen LogP contribution >= 0.6 is 0 Å². The molecule has 0 saturated carbocycles. The topological polar surface area (TPSA) is 101 Å². The van der Waals surface area contributed by atoms with E-state index in [1.165, 1.54) is 38.5 Å². The normalized spacial score (nSPS) is 19.1. The lowest BCUT2D eigenvalue weighted by Gasteiger charge is -2.38. The van der Waals surface area contributed by atoms with E-state index in [0.29, 0.717) is 12.8 Å². The molecule has 1 aliphatic heterocycles. The molecule has 180 valence electrons. The van der Waals surface area contributed by atoms with E-state index in [2.05, 4.69) is 13.8 Å². The van der Waals surface area contributed by atoms with Gasteiger partial charge in [-0.2, -0.15) is 0 Å². The molecular formula is C25H44O6. The van der Waals surface area contributed by atoms with Gasteiger partial charge in [-0.1, -0.05) is 97.3 Å². The maximum Gasteiger partial charge on any atom is 0.318 e. The van der Waals surface area contributed by atoms with Crippen LogP contribution in [0.4, 0.5) is 0 Å². The van der Waals surface area contributed by atoms with E-state index in [9.17, 15) is 24.6 Å². The highest BCUT2D eigenvalue weighted by atomic mass is 16.6. The molecule has 0 bridgehead atoms. The van der Waals surface area contributed by atoms with Crippen LogP contribution in [-0.2, 0) is 19.1 Å². The number of carbonyl (C=O) groups is 3. The van der Waals surface area contributed by atoms with Gasteiger partial charge in [-0.15, -0.1) is 0 Å². The number of unbranched alkanes of at least 4 members (excludes halogenated alkanes) is 11. The van der Waals surface area contributed by atoms with Crippen molar-refractivity contribution in [1.29, 1.82) is 0 Å². The summed E-state index contributed by atoms with van der Waals surface area (Å²) in [5.74, 6) is -4.95. The predicted molar refractivity (Wildman–Crippen MR) is 121 cm³/mol. The van der Waals surface area contributed by atoms with Crippen LogP contribution in [0, 0.1) is 17.8 Å². The third-order valence-electron chi connectivity index (χ3n) is 6.60. The second-order valence-corrected chi connectivity index (χ2v) is 9.20. The molecule has 6 nitrogen and oxygen atoms in total. The number of rotatable bonds is 20. The Morgan fingerprint density at radius 1 is 0.806 bits per heavy atom. The lowest BCUT2D eigenvalue weighted by atomic mass is 9.78. The largest absolute Gasteiger partial charge is 0.481 e. The SMILES string of the molecule is CCCCCCCCCCC[C@@H](C[C@@H]1OC(=O)[C@H]1CCCCCC)C(C(=O)O)C(=O)O. The van der Waals surface area contributed by atoms with Crippen LogP contribution in [-0.4, -0.2) is 34.2 Å². The second-order valence-electron chi connectivity index (χ2n) is 9.20. The Kier molecular flexibility index (Phi) is 14.3. The van der Waals surface area contributed by atoms with Crippen LogP contribution < -0.4 is 0 Å². The number of ether oxygens (including phenoxy) is 1. The van der Waals surface area contributed by atoms with E-state index >= 15 is 0 Å². The summed E-state index contributed by atoms with van der Waals surface area (Å²) in [7, 11) is 0. The molecule has 0 aliphatic carbocycles. The van der Waals surface area contributed by atoms with Crippen molar-refractivity contribution in [2.75, 3.05) is 0 Å². The molecule has 2 N–H and O–H groups in total. The van der Waals surface area contributed by atoms with Crippen molar-refractivity contribution >= 4 is 17.9 Å². The summed E-state index contributed by atoms with van der Waals surface area (Å²) in [6.07, 6.45) is 16.0. The molecule has 0 spiro atoms. The van der Waals surface area contributed by atoms with Crippen molar-refractivity contribution < 1.29 is 29.3 Å². The Bertz CT molecular complexity index is 518. The second kappa shape index (κ2) is 16.1. The summed E-state index contributed by atoms with van der Waals surface area (Å²) in [4.78, 5) is 35.2. The molecule has 0 amide bonds. The monoisotopic (exact) mass is 440 g/mol. The van der Waals surface area contributed by atoms with E-state index in [0.717, 1.165) is 51.4 Å². The number of carbonyl (C=O) groups excluding carboxylic acids is 1. The van der Waals surface area contributed by atoms with Crippen molar-refractivity contribution in [3.8, 4) is 0 Å². The van der Waals surface area contributed by atoms with Crippen LogP contribution in [0.1, 0.15) is 117 Å². The minimum Gasteiger partial charge on any atom is -0.481 e. The minimum atomic E-state index is -1.44. The number of carboxylic acids is 2. The van der Waals surface area contributed by atoms with E-state index in [4.69, 9.17) is 4.74 Å². The van der Waals surface area contributed by atoms with Gasteiger partial charge in [0.1, 0.15) is 6.10 Å². The van der Waals surface area contributed by atoms with Gasteiger partial charge in [0, 0.05) is 0 Å². The quantitative estimate of drug-likeness (QED) is 0.133. The fraction of sp³-hybridized carbons (Fsp3) is 0.880. The molecule has 0 unspecified atom stereocenters. The Hall–Kier alpha value is -1.59. The van der Waals surface area contributed by atoms with Crippen molar-refractivity contribution in [3.63, 3.8) is 0 Å². The Balaban J connectivity index is 2.50. The highest BCUT2D eigenvalue weighted by Gasteiger charge is 2.45. The first kappa shape index (κ1) is 27.4. The summed E-state index contributed by atoms with van der Waals surface area (Å²) in [5.41, 5.74) is 0. The molecular weight excluding hydrogens is 396 g/mol. The van der Waals surface area contributed by atoms with Crippen LogP contribution in [0.2, 0.25) is 0 Å². The number of aliphatic carboxylic acids is 2. The van der Waals surface area contributed by atoms with Gasteiger partial charge in [-0.25, -0.2) is 0 Å². The first-order valence-electron chi connectivity index (χ1n) is 12.6. The maximum absolute atomic E-state index is 11.9. The summed E-state index contributed by atoms with van der Waals surface area (Å²) in [6, 6.07) is 0. The average Bonchev–Trinajstić information content (AvgIpc) is 2.71. The van der Waals surface area contributed by atoms with Gasteiger partial charge in [-0.3, -0.25) is 14.4 Å². The fourth-order valence-electron chi connectivity index (χ4n) is 4.65. The molecule has 1 heterocycles. The number of esters is 1. The van der Waals surface area contributed by atoms with Crippen molar-refractivity contribution in [2.24, 2.45) is 17.8 Å².